The fourth-order valence-electron chi connectivity index (χ4n) is 3.32. The van der Waals surface area contributed by atoms with Gasteiger partial charge in [-0.2, -0.15) is 0 Å². The van der Waals surface area contributed by atoms with Crippen molar-refractivity contribution in [2.24, 2.45) is 0 Å². The van der Waals surface area contributed by atoms with E-state index < -0.39 is 11.2 Å². The molecule has 0 aliphatic carbocycles. The maximum Gasteiger partial charge on any atom is 0.244 e. The Bertz CT molecular complexity index is 1410. The first-order chi connectivity index (χ1) is 15.3. The molecule has 4 aromatic rings. The second kappa shape index (κ2) is 9.18. The van der Waals surface area contributed by atoms with Crippen LogP contribution in [0.25, 0.3) is 11.0 Å². The zero-order valence-electron chi connectivity index (χ0n) is 16.9. The van der Waals surface area contributed by atoms with E-state index in [9.17, 15) is 14.4 Å². The smallest absolute Gasteiger partial charge is 0.244 e. The Labute approximate surface area is 200 Å². The van der Waals surface area contributed by atoms with Crippen molar-refractivity contribution in [1.82, 2.24) is 9.55 Å². The van der Waals surface area contributed by atoms with Crippen LogP contribution in [-0.2, 0) is 11.3 Å². The van der Waals surface area contributed by atoms with E-state index in [2.05, 4.69) is 42.2 Å². The van der Waals surface area contributed by atoms with Gasteiger partial charge in [0, 0.05) is 32.1 Å². The highest BCUT2D eigenvalue weighted by atomic mass is 79.9. The molecule has 0 radical (unpaired) electrons. The Morgan fingerprint density at radius 3 is 2.47 bits per heavy atom. The quantitative estimate of drug-likeness (QED) is 0.348. The summed E-state index contributed by atoms with van der Waals surface area (Å²) < 4.78 is 3.21. The number of carbonyl (C=O) groups is 2. The molecule has 0 aliphatic heterocycles. The number of aryl methyl sites for hydroxylation is 1. The summed E-state index contributed by atoms with van der Waals surface area (Å²) in [4.78, 5) is 43.4. The number of carbonyl (C=O) groups excluding carboxylic acids is 2. The van der Waals surface area contributed by atoms with Crippen molar-refractivity contribution < 1.29 is 9.59 Å². The number of fused-ring (bicyclic) bond motifs is 1. The number of pyridine rings is 2. The van der Waals surface area contributed by atoms with Crippen LogP contribution in [0.1, 0.15) is 21.6 Å². The van der Waals surface area contributed by atoms with Gasteiger partial charge in [0.05, 0.1) is 10.9 Å². The number of nitrogens with zero attached hydrogens (tertiary/aromatic N) is 2. The first-order valence-electron chi connectivity index (χ1n) is 9.68. The fourth-order valence-corrected chi connectivity index (χ4v) is 3.98. The lowest BCUT2D eigenvalue weighted by atomic mass is 10.0. The molecular weight excluding hydrogens is 538 g/mol. The number of amides is 1. The number of anilines is 1. The predicted octanol–water partition coefficient (Wildman–Crippen LogP) is 5.10. The molecule has 0 bridgehead atoms. The van der Waals surface area contributed by atoms with Crippen molar-refractivity contribution in [2.75, 3.05) is 5.32 Å². The van der Waals surface area contributed by atoms with Crippen LogP contribution >= 0.6 is 31.9 Å². The Morgan fingerprint density at radius 2 is 1.75 bits per heavy atom. The lowest BCUT2D eigenvalue weighted by Gasteiger charge is -2.13. The third kappa shape index (κ3) is 4.71. The molecule has 0 fully saturated rings. The van der Waals surface area contributed by atoms with E-state index in [0.717, 1.165) is 8.95 Å². The zero-order valence-corrected chi connectivity index (χ0v) is 20.1. The molecule has 6 nitrogen and oxygen atoms in total. The highest BCUT2D eigenvalue weighted by Gasteiger charge is 2.19. The van der Waals surface area contributed by atoms with E-state index in [1.807, 2.05) is 12.1 Å². The van der Waals surface area contributed by atoms with E-state index in [-0.39, 0.29) is 23.4 Å². The van der Waals surface area contributed by atoms with Crippen molar-refractivity contribution in [3.63, 3.8) is 0 Å². The Balaban J connectivity index is 1.76. The first-order valence-corrected chi connectivity index (χ1v) is 11.3. The van der Waals surface area contributed by atoms with Crippen molar-refractivity contribution in [2.45, 2.75) is 13.5 Å². The molecule has 160 valence electrons. The number of hydrogen-bond donors (Lipinski definition) is 1. The van der Waals surface area contributed by atoms with Crippen molar-refractivity contribution >= 4 is 60.3 Å². The topological polar surface area (TPSA) is 81.1 Å². The molecule has 8 heteroatoms. The summed E-state index contributed by atoms with van der Waals surface area (Å²) in [6.45, 7) is 1.69. The van der Waals surface area contributed by atoms with Crippen LogP contribution in [0, 0.1) is 6.92 Å². The number of halogens is 2. The molecule has 1 amide bonds. The third-order valence-corrected chi connectivity index (χ3v) is 5.86. The molecule has 32 heavy (non-hydrogen) atoms. The van der Waals surface area contributed by atoms with Gasteiger partial charge >= 0.3 is 0 Å². The van der Waals surface area contributed by atoms with E-state index in [1.165, 1.54) is 6.20 Å². The summed E-state index contributed by atoms with van der Waals surface area (Å²) in [6.07, 6.45) is 1.42. The standard InChI is InChI=1S/C24H17Br2N3O3/c1-14-5-10-19-23(32)20(22(31)15-6-8-16(25)9-7-15)12-29(24(19)27-14)13-21(30)28-18-4-2-3-17(26)11-18/h2-12H,13H2,1H3,(H,28,30). The van der Waals surface area contributed by atoms with Crippen LogP contribution < -0.4 is 10.7 Å². The number of aromatic nitrogens is 2. The third-order valence-electron chi connectivity index (χ3n) is 4.83. The van der Waals surface area contributed by atoms with Crippen molar-refractivity contribution in [1.29, 1.82) is 0 Å². The van der Waals surface area contributed by atoms with Gasteiger partial charge in [0.15, 0.2) is 5.78 Å². The Morgan fingerprint density at radius 1 is 1.00 bits per heavy atom. The summed E-state index contributed by atoms with van der Waals surface area (Å²) in [5.74, 6) is -0.718. The van der Waals surface area contributed by atoms with E-state index in [4.69, 9.17) is 0 Å². The molecule has 0 aliphatic rings. The van der Waals surface area contributed by atoms with Crippen LogP contribution in [-0.4, -0.2) is 21.2 Å². The van der Waals surface area contributed by atoms with Crippen LogP contribution in [0.2, 0.25) is 0 Å². The number of ketones is 1. The van der Waals surface area contributed by atoms with Gasteiger partial charge in [-0.25, -0.2) is 4.98 Å². The predicted molar refractivity (Wildman–Crippen MR) is 131 cm³/mol. The minimum Gasteiger partial charge on any atom is -0.324 e. The number of hydrogen-bond acceptors (Lipinski definition) is 4. The molecule has 0 atom stereocenters. The molecule has 0 saturated heterocycles. The lowest BCUT2D eigenvalue weighted by Crippen LogP contribution is -2.25. The normalized spacial score (nSPS) is 10.8. The highest BCUT2D eigenvalue weighted by molar-refractivity contribution is 9.10. The average molecular weight is 555 g/mol. The molecule has 0 spiro atoms. The summed E-state index contributed by atoms with van der Waals surface area (Å²) >= 11 is 6.72. The summed E-state index contributed by atoms with van der Waals surface area (Å²) in [5, 5.41) is 3.11. The molecule has 2 aromatic carbocycles. The van der Waals surface area contributed by atoms with Gasteiger partial charge in [0.1, 0.15) is 12.2 Å². The summed E-state index contributed by atoms with van der Waals surface area (Å²) in [6, 6.07) is 17.4. The summed E-state index contributed by atoms with van der Waals surface area (Å²) in [7, 11) is 0. The van der Waals surface area contributed by atoms with Gasteiger partial charge in [-0.3, -0.25) is 14.4 Å². The van der Waals surface area contributed by atoms with E-state index in [0.29, 0.717) is 22.6 Å². The summed E-state index contributed by atoms with van der Waals surface area (Å²) in [5.41, 5.74) is 1.64. The number of benzene rings is 2. The van der Waals surface area contributed by atoms with Gasteiger partial charge in [0.2, 0.25) is 11.3 Å². The monoisotopic (exact) mass is 553 g/mol. The number of nitrogens with one attached hydrogen (secondary N) is 1. The van der Waals surface area contributed by atoms with E-state index >= 15 is 0 Å². The van der Waals surface area contributed by atoms with Crippen LogP contribution in [0.5, 0.6) is 0 Å². The highest BCUT2D eigenvalue weighted by Crippen LogP contribution is 2.18. The van der Waals surface area contributed by atoms with Crippen LogP contribution in [0.15, 0.2) is 80.6 Å². The zero-order chi connectivity index (χ0) is 22.8. The van der Waals surface area contributed by atoms with Gasteiger partial charge in [-0.05, 0) is 61.5 Å². The molecule has 2 aromatic heterocycles. The maximum absolute atomic E-state index is 13.1. The minimum absolute atomic E-state index is 0.0132. The molecule has 0 saturated carbocycles. The van der Waals surface area contributed by atoms with Gasteiger partial charge in [-0.1, -0.05) is 37.9 Å². The number of rotatable bonds is 5. The second-order valence-electron chi connectivity index (χ2n) is 7.22. The Hall–Kier alpha value is -3.10. The van der Waals surface area contributed by atoms with Gasteiger partial charge < -0.3 is 9.88 Å². The van der Waals surface area contributed by atoms with E-state index in [1.54, 1.807) is 60.0 Å². The largest absolute Gasteiger partial charge is 0.324 e. The lowest BCUT2D eigenvalue weighted by molar-refractivity contribution is -0.116. The SMILES string of the molecule is Cc1ccc2c(=O)c(C(=O)c3ccc(Br)cc3)cn(CC(=O)Nc3cccc(Br)c3)c2n1. The van der Waals surface area contributed by atoms with Gasteiger partial charge in [0.25, 0.3) is 0 Å². The minimum atomic E-state index is -0.413. The average Bonchev–Trinajstić information content (AvgIpc) is 2.75. The van der Waals surface area contributed by atoms with Gasteiger partial charge in [-0.15, -0.1) is 0 Å². The first kappa shape index (κ1) is 22.1. The molecule has 1 N–H and O–H groups in total. The van der Waals surface area contributed by atoms with Crippen LogP contribution in [0.3, 0.4) is 0 Å². The Kier molecular flexibility index (Phi) is 6.34. The van der Waals surface area contributed by atoms with Crippen LogP contribution in [0.4, 0.5) is 5.69 Å². The molecule has 2 heterocycles. The fraction of sp³-hybridized carbons (Fsp3) is 0.0833. The molecular formula is C24H17Br2N3O3. The van der Waals surface area contributed by atoms with Crippen molar-refractivity contribution in [3.8, 4) is 0 Å². The molecule has 4 rings (SSSR count). The maximum atomic E-state index is 13.1. The second-order valence-corrected chi connectivity index (χ2v) is 9.05. The van der Waals surface area contributed by atoms with Crippen molar-refractivity contribution in [3.05, 3.63) is 103 Å². The molecule has 0 unspecified atom stereocenters.